The molecule has 14 rings (SSSR count). The maximum absolute atomic E-state index is 2.67. The molecule has 0 nitrogen and oxygen atoms in total. The molecule has 0 N–H and O–H groups in total. The molecule has 6 aromatic carbocycles. The maximum atomic E-state index is 2.67. The molecule has 8 aliphatic carbocycles. The zero-order valence-electron chi connectivity index (χ0n) is 36.0. The number of allylic oxidation sites excluding steroid dienone is 22. The van der Waals surface area contributed by atoms with Crippen molar-refractivity contribution in [1.82, 2.24) is 0 Å². The number of hydrogen-bond donors (Lipinski definition) is 0. The second-order valence-corrected chi connectivity index (χ2v) is 19.1. The summed E-state index contributed by atoms with van der Waals surface area (Å²) in [7, 11) is 0. The predicted octanol–water partition coefficient (Wildman–Crippen LogP) is 16.9. The molecule has 0 fully saturated rings. The van der Waals surface area contributed by atoms with Gasteiger partial charge in [-0.2, -0.15) is 0 Å². The van der Waals surface area contributed by atoms with Crippen molar-refractivity contribution in [2.75, 3.05) is 0 Å². The fourth-order valence-corrected chi connectivity index (χ4v) is 13.1. The summed E-state index contributed by atoms with van der Waals surface area (Å²) in [5.41, 5.74) is 25.5. The smallest absolute Gasteiger partial charge is 0.0212 e. The molecule has 6 aromatic rings. The molecule has 0 aliphatic heterocycles. The maximum Gasteiger partial charge on any atom is 0.0212 e. The average Bonchev–Trinajstić information content (AvgIpc) is 3.87. The molecule has 4 unspecified atom stereocenters. The largest absolute Gasteiger partial charge is 0.0839 e. The molecule has 0 aromatic heterocycles. The van der Waals surface area contributed by atoms with Crippen molar-refractivity contribution in [2.24, 2.45) is 23.7 Å². The first-order valence-corrected chi connectivity index (χ1v) is 23.8. The third kappa shape index (κ3) is 5.29. The van der Waals surface area contributed by atoms with Crippen molar-refractivity contribution in [3.63, 3.8) is 0 Å². The van der Waals surface area contributed by atoms with Gasteiger partial charge in [0.05, 0.1) is 0 Å². The second kappa shape index (κ2) is 14.2. The Morgan fingerprint density at radius 3 is 2.03 bits per heavy atom. The highest BCUT2D eigenvalue weighted by Crippen LogP contribution is 2.65. The molecule has 4 atom stereocenters. The van der Waals surface area contributed by atoms with Crippen LogP contribution in [0, 0.1) is 23.7 Å². The van der Waals surface area contributed by atoms with Crippen molar-refractivity contribution < 1.29 is 0 Å². The lowest BCUT2D eigenvalue weighted by Crippen LogP contribution is -2.27. The minimum Gasteiger partial charge on any atom is -0.0839 e. The average molecular weight is 817 g/mol. The molecule has 304 valence electrons. The minimum absolute atomic E-state index is 0.216. The van der Waals surface area contributed by atoms with Crippen molar-refractivity contribution in [2.45, 2.75) is 38.5 Å². The number of hydrogen-bond acceptors (Lipinski definition) is 0. The quantitative estimate of drug-likeness (QED) is 0.152. The standard InChI is InChI=1S/C64H48/c1-5-18-39(19-6-1)44-34-45(40-20-7-2-8-21-40)36-46(35-44)48-32-33-53-62-55(37-43-26-13-14-27-47(43)60(48)62)64-58(42-24-11-4-12-25-42)61-52-31-17-30-51-49-28-15-16-29-50(49)54(59(51)52)38-56(61)57(63(53)64)41-22-9-3-10-23-41/h1,3-7,9-12,14-18,20-25,27-34,36-39,44,60,62H,2,8,13,19,26,35H2. The summed E-state index contributed by atoms with van der Waals surface area (Å²) in [6, 6.07) is 41.5. The Morgan fingerprint density at radius 1 is 0.484 bits per heavy atom. The van der Waals surface area contributed by atoms with E-state index in [2.05, 4.69) is 194 Å². The lowest BCUT2D eigenvalue weighted by molar-refractivity contribution is 0.463. The van der Waals surface area contributed by atoms with Crippen molar-refractivity contribution in [3.05, 3.63) is 239 Å². The Bertz CT molecular complexity index is 3410. The molecule has 0 bridgehead atoms. The van der Waals surface area contributed by atoms with Crippen LogP contribution in [0.25, 0.3) is 77.2 Å². The summed E-state index contributed by atoms with van der Waals surface area (Å²) in [6.45, 7) is 0. The van der Waals surface area contributed by atoms with Gasteiger partial charge >= 0.3 is 0 Å². The van der Waals surface area contributed by atoms with Gasteiger partial charge in [0.2, 0.25) is 0 Å². The molecule has 0 saturated carbocycles. The minimum atomic E-state index is 0.216. The van der Waals surface area contributed by atoms with Crippen LogP contribution in [-0.4, -0.2) is 0 Å². The Balaban J connectivity index is 1.08. The summed E-state index contributed by atoms with van der Waals surface area (Å²) in [5, 5.41) is 5.46. The SMILES string of the molecule is C1=CCC(C2C=C(C3=CCCC=C3)C=C(C3=CC=C4c5c(c(-c6ccccc6)c6c(cc7c8c(cccc86)-c6ccccc6-7)c5-c5ccccc5)C5=CC6=C(C=CCC6)C3C45)C2)C=C1. The first-order valence-electron chi connectivity index (χ1n) is 23.8. The number of benzene rings is 6. The zero-order chi connectivity index (χ0) is 41.9. The van der Waals surface area contributed by atoms with E-state index >= 15 is 0 Å². The van der Waals surface area contributed by atoms with Crippen LogP contribution in [0.4, 0.5) is 0 Å². The van der Waals surface area contributed by atoms with Gasteiger partial charge in [0.25, 0.3) is 0 Å². The van der Waals surface area contributed by atoms with Crippen LogP contribution < -0.4 is 0 Å². The van der Waals surface area contributed by atoms with E-state index in [1.165, 1.54) is 122 Å². The molecule has 0 amide bonds. The number of rotatable bonds is 5. The van der Waals surface area contributed by atoms with Gasteiger partial charge in [0.15, 0.2) is 0 Å². The van der Waals surface area contributed by atoms with Gasteiger partial charge in [-0.25, -0.2) is 0 Å². The van der Waals surface area contributed by atoms with Gasteiger partial charge in [-0.05, 0) is 178 Å². The molecule has 0 heterocycles. The van der Waals surface area contributed by atoms with Crippen molar-refractivity contribution in [1.29, 1.82) is 0 Å². The van der Waals surface area contributed by atoms with Crippen LogP contribution in [0.5, 0.6) is 0 Å². The second-order valence-electron chi connectivity index (χ2n) is 19.1. The fraction of sp³-hybridized carbons (Fsp3) is 0.156. The molecule has 8 aliphatic rings. The molecule has 0 saturated heterocycles. The van der Waals surface area contributed by atoms with Crippen LogP contribution in [0.3, 0.4) is 0 Å². The predicted molar refractivity (Wildman–Crippen MR) is 270 cm³/mol. The summed E-state index contributed by atoms with van der Waals surface area (Å²) < 4.78 is 0. The molecule has 0 spiro atoms. The van der Waals surface area contributed by atoms with Gasteiger partial charge in [-0.1, -0.05) is 188 Å². The Hall–Kier alpha value is -7.02. The molecule has 0 heteroatoms. The van der Waals surface area contributed by atoms with Crippen molar-refractivity contribution >= 4 is 32.7 Å². The van der Waals surface area contributed by atoms with Crippen LogP contribution in [0.2, 0.25) is 0 Å². The highest BCUT2D eigenvalue weighted by molar-refractivity contribution is 6.31. The summed E-state index contributed by atoms with van der Waals surface area (Å²) in [6.07, 6.45) is 41.2. The van der Waals surface area contributed by atoms with E-state index in [1.54, 1.807) is 0 Å². The summed E-state index contributed by atoms with van der Waals surface area (Å²) in [4.78, 5) is 0. The van der Waals surface area contributed by atoms with Gasteiger partial charge in [-0.15, -0.1) is 0 Å². The third-order valence-corrected chi connectivity index (χ3v) is 15.8. The van der Waals surface area contributed by atoms with Crippen LogP contribution in [0.15, 0.2) is 228 Å². The van der Waals surface area contributed by atoms with Gasteiger partial charge in [0.1, 0.15) is 0 Å². The monoisotopic (exact) mass is 816 g/mol. The van der Waals surface area contributed by atoms with E-state index in [1.807, 2.05) is 0 Å². The van der Waals surface area contributed by atoms with E-state index < -0.39 is 0 Å². The van der Waals surface area contributed by atoms with E-state index in [0.29, 0.717) is 11.8 Å². The normalized spacial score (nSPS) is 23.2. The summed E-state index contributed by atoms with van der Waals surface area (Å²) in [5.74, 6) is 1.41. The van der Waals surface area contributed by atoms with Crippen LogP contribution in [-0.2, 0) is 0 Å². The van der Waals surface area contributed by atoms with E-state index in [9.17, 15) is 0 Å². The Labute approximate surface area is 376 Å². The van der Waals surface area contributed by atoms with Gasteiger partial charge in [0, 0.05) is 11.8 Å². The topological polar surface area (TPSA) is 0 Å². The van der Waals surface area contributed by atoms with E-state index in [4.69, 9.17) is 0 Å². The van der Waals surface area contributed by atoms with E-state index in [-0.39, 0.29) is 11.8 Å². The fourth-order valence-electron chi connectivity index (χ4n) is 13.1. The molecule has 64 heavy (non-hydrogen) atoms. The lowest BCUT2D eigenvalue weighted by Gasteiger charge is -2.40. The molecular weight excluding hydrogens is 769 g/mol. The third-order valence-electron chi connectivity index (χ3n) is 15.8. The van der Waals surface area contributed by atoms with Crippen LogP contribution in [0.1, 0.15) is 49.7 Å². The molecule has 0 radical (unpaired) electrons. The number of fused-ring (bicyclic) bond motifs is 9. The first-order chi connectivity index (χ1) is 31.8. The van der Waals surface area contributed by atoms with Crippen molar-refractivity contribution in [3.8, 4) is 44.5 Å². The lowest BCUT2D eigenvalue weighted by atomic mass is 9.63. The first kappa shape index (κ1) is 36.5. The zero-order valence-corrected chi connectivity index (χ0v) is 36.0. The van der Waals surface area contributed by atoms with Crippen LogP contribution >= 0.6 is 0 Å². The Morgan fingerprint density at radius 2 is 1.23 bits per heavy atom. The Kier molecular flexibility index (Phi) is 8.12. The van der Waals surface area contributed by atoms with Gasteiger partial charge in [-0.3, -0.25) is 0 Å². The highest BCUT2D eigenvalue weighted by Gasteiger charge is 2.48. The molecular formula is C64H48. The highest BCUT2D eigenvalue weighted by atomic mass is 14.5. The van der Waals surface area contributed by atoms with Gasteiger partial charge < -0.3 is 0 Å². The summed E-state index contributed by atoms with van der Waals surface area (Å²) >= 11 is 0. The van der Waals surface area contributed by atoms with E-state index in [0.717, 1.165) is 38.5 Å².